The van der Waals surface area contributed by atoms with Gasteiger partial charge in [0.25, 0.3) is 0 Å². The van der Waals surface area contributed by atoms with Gasteiger partial charge in [-0.2, -0.15) is 0 Å². The van der Waals surface area contributed by atoms with Gasteiger partial charge in [0.2, 0.25) is 0 Å². The van der Waals surface area contributed by atoms with E-state index in [-0.39, 0.29) is 6.10 Å². The Balaban J connectivity index is 1.98. The van der Waals surface area contributed by atoms with Gasteiger partial charge < -0.3 is 9.47 Å². The minimum Gasteiger partial charge on any atom is -0.376 e. The molecule has 0 bridgehead atoms. The summed E-state index contributed by atoms with van der Waals surface area (Å²) >= 11 is 0. The van der Waals surface area contributed by atoms with Crippen LogP contribution in [0.4, 0.5) is 0 Å². The lowest BCUT2D eigenvalue weighted by atomic mass is 10.2. The highest BCUT2D eigenvalue weighted by molar-refractivity contribution is 5.13. The molecule has 2 nitrogen and oxygen atoms in total. The summed E-state index contributed by atoms with van der Waals surface area (Å²) in [7, 11) is 0. The average Bonchev–Trinajstić information content (AvgIpc) is 2.40. The fraction of sp³-hybridized carbons (Fsp3) is 0.625. The van der Waals surface area contributed by atoms with Crippen LogP contribution in [0.3, 0.4) is 0 Å². The van der Waals surface area contributed by atoms with Crippen LogP contribution in [0.5, 0.6) is 0 Å². The Morgan fingerprint density at radius 3 is 2.56 bits per heavy atom. The van der Waals surface area contributed by atoms with Gasteiger partial charge in [-0.05, 0) is 18.9 Å². The fourth-order valence-electron chi connectivity index (χ4n) is 1.78. The van der Waals surface area contributed by atoms with Crippen molar-refractivity contribution in [2.75, 3.05) is 13.2 Å². The number of hydrogen-bond donors (Lipinski definition) is 0. The van der Waals surface area contributed by atoms with E-state index >= 15 is 0 Å². The predicted molar refractivity (Wildman–Crippen MR) is 75.7 cm³/mol. The van der Waals surface area contributed by atoms with Gasteiger partial charge in [0, 0.05) is 6.61 Å². The molecule has 0 heterocycles. The van der Waals surface area contributed by atoms with Crippen LogP contribution in [-0.2, 0) is 16.1 Å². The van der Waals surface area contributed by atoms with E-state index in [0.29, 0.717) is 13.2 Å². The molecule has 1 aromatic rings. The maximum atomic E-state index is 5.70. The van der Waals surface area contributed by atoms with Gasteiger partial charge in [-0.3, -0.25) is 0 Å². The van der Waals surface area contributed by atoms with Crippen LogP contribution >= 0.6 is 0 Å². The van der Waals surface area contributed by atoms with Crippen LogP contribution < -0.4 is 0 Å². The zero-order valence-electron chi connectivity index (χ0n) is 11.7. The third-order valence-electron chi connectivity index (χ3n) is 2.86. The summed E-state index contributed by atoms with van der Waals surface area (Å²) in [5.74, 6) is 0. The van der Waals surface area contributed by atoms with Crippen molar-refractivity contribution in [2.45, 2.75) is 52.2 Å². The van der Waals surface area contributed by atoms with E-state index in [0.717, 1.165) is 13.0 Å². The predicted octanol–water partition coefficient (Wildman–Crippen LogP) is 4.19. The van der Waals surface area contributed by atoms with Gasteiger partial charge in [-0.1, -0.05) is 56.5 Å². The van der Waals surface area contributed by atoms with Gasteiger partial charge in [-0.15, -0.1) is 0 Å². The van der Waals surface area contributed by atoms with Crippen molar-refractivity contribution in [3.05, 3.63) is 35.9 Å². The Hall–Kier alpha value is -0.860. The number of hydrogen-bond acceptors (Lipinski definition) is 2. The molecule has 0 amide bonds. The first-order valence-corrected chi connectivity index (χ1v) is 7.06. The molecule has 0 aliphatic carbocycles. The Morgan fingerprint density at radius 2 is 1.83 bits per heavy atom. The van der Waals surface area contributed by atoms with Crippen LogP contribution in [0.2, 0.25) is 0 Å². The Bertz CT molecular complexity index is 284. The minimum absolute atomic E-state index is 0.190. The lowest BCUT2D eigenvalue weighted by Crippen LogP contribution is -2.16. The SMILES string of the molecule is CCCCCCO[C@H](C)COCc1ccccc1. The molecule has 0 fully saturated rings. The molecular weight excluding hydrogens is 224 g/mol. The summed E-state index contributed by atoms with van der Waals surface area (Å²) in [6, 6.07) is 10.2. The maximum Gasteiger partial charge on any atom is 0.0780 e. The van der Waals surface area contributed by atoms with Crippen LogP contribution in [0.15, 0.2) is 30.3 Å². The van der Waals surface area contributed by atoms with Crippen molar-refractivity contribution in [1.82, 2.24) is 0 Å². The van der Waals surface area contributed by atoms with Crippen molar-refractivity contribution in [3.63, 3.8) is 0 Å². The molecule has 0 radical (unpaired) electrons. The first-order chi connectivity index (χ1) is 8.83. The largest absolute Gasteiger partial charge is 0.376 e. The van der Waals surface area contributed by atoms with E-state index in [1.807, 2.05) is 18.2 Å². The number of ether oxygens (including phenoxy) is 2. The zero-order valence-corrected chi connectivity index (χ0v) is 11.7. The molecule has 0 spiro atoms. The van der Waals surface area contributed by atoms with Crippen molar-refractivity contribution in [2.24, 2.45) is 0 Å². The summed E-state index contributed by atoms with van der Waals surface area (Å²) in [6.07, 6.45) is 5.21. The first-order valence-electron chi connectivity index (χ1n) is 7.06. The maximum absolute atomic E-state index is 5.70. The first kappa shape index (κ1) is 15.2. The lowest BCUT2D eigenvalue weighted by Gasteiger charge is -2.13. The van der Waals surface area contributed by atoms with Crippen molar-refractivity contribution in [1.29, 1.82) is 0 Å². The number of benzene rings is 1. The van der Waals surface area contributed by atoms with Crippen LogP contribution in [0.25, 0.3) is 0 Å². The third-order valence-corrected chi connectivity index (χ3v) is 2.86. The minimum atomic E-state index is 0.190. The molecule has 2 heteroatoms. The van der Waals surface area contributed by atoms with E-state index in [1.165, 1.54) is 24.8 Å². The van der Waals surface area contributed by atoms with Crippen molar-refractivity contribution in [3.8, 4) is 0 Å². The molecule has 0 saturated carbocycles. The monoisotopic (exact) mass is 250 g/mol. The molecule has 18 heavy (non-hydrogen) atoms. The van der Waals surface area contributed by atoms with Gasteiger partial charge in [0.1, 0.15) is 0 Å². The van der Waals surface area contributed by atoms with Crippen molar-refractivity contribution < 1.29 is 9.47 Å². The van der Waals surface area contributed by atoms with E-state index in [4.69, 9.17) is 9.47 Å². The second-order valence-electron chi connectivity index (χ2n) is 4.74. The lowest BCUT2D eigenvalue weighted by molar-refractivity contribution is -0.0131. The highest BCUT2D eigenvalue weighted by atomic mass is 16.5. The van der Waals surface area contributed by atoms with Crippen LogP contribution in [0.1, 0.15) is 45.1 Å². The molecule has 0 aliphatic rings. The second kappa shape index (κ2) is 10.1. The highest BCUT2D eigenvalue weighted by Crippen LogP contribution is 2.04. The van der Waals surface area contributed by atoms with Gasteiger partial charge >= 0.3 is 0 Å². The highest BCUT2D eigenvalue weighted by Gasteiger charge is 2.02. The quantitative estimate of drug-likeness (QED) is 0.580. The molecule has 0 aliphatic heterocycles. The Labute approximate surface area is 111 Å². The molecule has 0 saturated heterocycles. The number of unbranched alkanes of at least 4 members (excludes halogenated alkanes) is 3. The average molecular weight is 250 g/mol. The summed E-state index contributed by atoms with van der Waals surface area (Å²) in [6.45, 7) is 6.49. The van der Waals surface area contributed by atoms with Crippen LogP contribution in [0, 0.1) is 0 Å². The molecular formula is C16H26O2. The standard InChI is InChI=1S/C16H26O2/c1-3-4-5-9-12-18-15(2)13-17-14-16-10-7-6-8-11-16/h6-8,10-11,15H,3-5,9,12-14H2,1-2H3/t15-/m1/s1. The Morgan fingerprint density at radius 1 is 1.06 bits per heavy atom. The van der Waals surface area contributed by atoms with Gasteiger partial charge in [0.15, 0.2) is 0 Å². The molecule has 102 valence electrons. The van der Waals surface area contributed by atoms with Gasteiger partial charge in [0.05, 0.1) is 19.3 Å². The Kier molecular flexibility index (Phi) is 8.53. The van der Waals surface area contributed by atoms with Crippen molar-refractivity contribution >= 4 is 0 Å². The summed E-state index contributed by atoms with van der Waals surface area (Å²) in [5.41, 5.74) is 1.22. The second-order valence-corrected chi connectivity index (χ2v) is 4.74. The van der Waals surface area contributed by atoms with E-state index in [1.54, 1.807) is 0 Å². The normalized spacial score (nSPS) is 12.6. The smallest absolute Gasteiger partial charge is 0.0780 e. The molecule has 1 aromatic carbocycles. The molecule has 0 N–H and O–H groups in total. The van der Waals surface area contributed by atoms with E-state index in [2.05, 4.69) is 26.0 Å². The van der Waals surface area contributed by atoms with Gasteiger partial charge in [-0.25, -0.2) is 0 Å². The molecule has 1 rings (SSSR count). The zero-order chi connectivity index (χ0) is 13.1. The van der Waals surface area contributed by atoms with E-state index < -0.39 is 0 Å². The van der Waals surface area contributed by atoms with E-state index in [9.17, 15) is 0 Å². The molecule has 0 aromatic heterocycles. The summed E-state index contributed by atoms with van der Waals surface area (Å²) < 4.78 is 11.3. The fourth-order valence-corrected chi connectivity index (χ4v) is 1.78. The summed E-state index contributed by atoms with van der Waals surface area (Å²) in [5, 5.41) is 0. The number of rotatable bonds is 10. The van der Waals surface area contributed by atoms with Crippen LogP contribution in [-0.4, -0.2) is 19.3 Å². The molecule has 1 atom stereocenters. The third kappa shape index (κ3) is 7.46. The topological polar surface area (TPSA) is 18.5 Å². The summed E-state index contributed by atoms with van der Waals surface area (Å²) in [4.78, 5) is 0. The molecule has 0 unspecified atom stereocenters.